The van der Waals surface area contributed by atoms with Crippen molar-refractivity contribution >= 4 is 12.0 Å². The summed E-state index contributed by atoms with van der Waals surface area (Å²) in [6, 6.07) is 1.22. The Morgan fingerprint density at radius 3 is 2.65 bits per heavy atom. The van der Waals surface area contributed by atoms with Gasteiger partial charge < -0.3 is 25.2 Å². The number of phenolic OH excluding ortho intramolecular Hbond substituents is 2. The molecule has 2 rings (SSSR count). The predicted octanol–water partition coefficient (Wildman–Crippen LogP) is 1.27. The number of aromatic hydroxyl groups is 2. The predicted molar refractivity (Wildman–Crippen MR) is 70.9 cm³/mol. The maximum absolute atomic E-state index is 10.6. The van der Waals surface area contributed by atoms with Crippen molar-refractivity contribution in [3.05, 3.63) is 23.3 Å². The van der Waals surface area contributed by atoms with Crippen molar-refractivity contribution in [2.24, 2.45) is 0 Å². The molecule has 6 heteroatoms. The zero-order chi connectivity index (χ0) is 15.1. The highest BCUT2D eigenvalue weighted by Gasteiger charge is 2.38. The van der Waals surface area contributed by atoms with Gasteiger partial charge in [0, 0.05) is 23.6 Å². The molecular formula is C14H16O6. The molecule has 6 nitrogen and oxygen atoms in total. The van der Waals surface area contributed by atoms with Gasteiger partial charge in [-0.1, -0.05) is 0 Å². The average Bonchev–Trinajstić information content (AvgIpc) is 2.77. The maximum Gasteiger partial charge on any atom is 0.328 e. The van der Waals surface area contributed by atoms with E-state index in [1.165, 1.54) is 12.1 Å². The fourth-order valence-electron chi connectivity index (χ4n) is 2.09. The van der Waals surface area contributed by atoms with Crippen LogP contribution in [0.15, 0.2) is 12.1 Å². The van der Waals surface area contributed by atoms with Crippen molar-refractivity contribution < 1.29 is 30.0 Å². The first kappa shape index (κ1) is 14.2. The lowest BCUT2D eigenvalue weighted by Gasteiger charge is -2.24. The number of aliphatic hydroxyl groups is 1. The molecule has 0 saturated carbocycles. The molecule has 1 aliphatic heterocycles. The van der Waals surface area contributed by atoms with Crippen molar-refractivity contribution in [2.45, 2.75) is 32.0 Å². The van der Waals surface area contributed by atoms with E-state index >= 15 is 0 Å². The van der Waals surface area contributed by atoms with Crippen LogP contribution in [0.3, 0.4) is 0 Å². The highest BCUT2D eigenvalue weighted by atomic mass is 16.5. The molecule has 0 saturated heterocycles. The van der Waals surface area contributed by atoms with E-state index in [1.54, 1.807) is 13.8 Å². The molecule has 0 bridgehead atoms. The monoisotopic (exact) mass is 280 g/mol. The van der Waals surface area contributed by atoms with Gasteiger partial charge in [-0.05, 0) is 26.0 Å². The lowest BCUT2D eigenvalue weighted by Crippen LogP contribution is -2.39. The molecule has 0 unspecified atom stereocenters. The molecular weight excluding hydrogens is 264 g/mol. The van der Waals surface area contributed by atoms with Crippen LogP contribution in [0.2, 0.25) is 0 Å². The smallest absolute Gasteiger partial charge is 0.328 e. The zero-order valence-corrected chi connectivity index (χ0v) is 11.1. The van der Waals surface area contributed by atoms with Gasteiger partial charge in [0.2, 0.25) is 0 Å². The normalized spacial score (nSPS) is 18.1. The van der Waals surface area contributed by atoms with Gasteiger partial charge in [0.1, 0.15) is 11.9 Å². The summed E-state index contributed by atoms with van der Waals surface area (Å²) in [4.78, 5) is 10.6. The molecule has 1 aromatic rings. The summed E-state index contributed by atoms with van der Waals surface area (Å²) in [6.07, 6.45) is 1.83. The van der Waals surface area contributed by atoms with Crippen LogP contribution in [0, 0.1) is 0 Å². The van der Waals surface area contributed by atoms with Gasteiger partial charge >= 0.3 is 5.97 Å². The highest BCUT2D eigenvalue weighted by Crippen LogP contribution is 2.45. The Balaban J connectivity index is 2.48. The Kier molecular flexibility index (Phi) is 3.35. The number of hydrogen-bond acceptors (Lipinski definition) is 5. The summed E-state index contributed by atoms with van der Waals surface area (Å²) in [5, 5.41) is 38.1. The largest absolute Gasteiger partial charge is 0.504 e. The highest BCUT2D eigenvalue weighted by molar-refractivity contribution is 5.86. The number of carboxylic acid groups (broad SMARTS) is 1. The lowest BCUT2D eigenvalue weighted by atomic mass is 9.96. The van der Waals surface area contributed by atoms with Gasteiger partial charge in [0.15, 0.2) is 11.5 Å². The van der Waals surface area contributed by atoms with Crippen molar-refractivity contribution in [1.29, 1.82) is 0 Å². The Morgan fingerprint density at radius 2 is 2.10 bits per heavy atom. The summed E-state index contributed by atoms with van der Waals surface area (Å²) in [6.45, 7) is 3.15. The van der Waals surface area contributed by atoms with E-state index in [9.17, 15) is 20.1 Å². The van der Waals surface area contributed by atoms with E-state index in [1.807, 2.05) is 0 Å². The van der Waals surface area contributed by atoms with Crippen LogP contribution in [0.4, 0.5) is 0 Å². The SMILES string of the molecule is CC(C)(O)[C@@H]1Cc2c(O)c(O)cc(C=CC(=O)O)c2O1. The Bertz CT molecular complexity index is 582. The molecule has 0 fully saturated rings. The van der Waals surface area contributed by atoms with Gasteiger partial charge in [-0.2, -0.15) is 0 Å². The third-order valence-corrected chi connectivity index (χ3v) is 3.20. The Hall–Kier alpha value is -2.21. The fourth-order valence-corrected chi connectivity index (χ4v) is 2.09. The molecule has 20 heavy (non-hydrogen) atoms. The Morgan fingerprint density at radius 1 is 1.45 bits per heavy atom. The van der Waals surface area contributed by atoms with E-state index in [-0.39, 0.29) is 23.7 Å². The second-order valence-electron chi connectivity index (χ2n) is 5.28. The van der Waals surface area contributed by atoms with Crippen LogP contribution in [0.25, 0.3) is 6.08 Å². The van der Waals surface area contributed by atoms with Crippen LogP contribution in [0.1, 0.15) is 25.0 Å². The number of carbonyl (C=O) groups is 1. The Labute approximate surface area is 115 Å². The van der Waals surface area contributed by atoms with Crippen LogP contribution in [0.5, 0.6) is 17.2 Å². The number of hydrogen-bond donors (Lipinski definition) is 4. The van der Waals surface area contributed by atoms with Crippen molar-refractivity contribution in [3.8, 4) is 17.2 Å². The van der Waals surface area contributed by atoms with Crippen LogP contribution in [-0.2, 0) is 11.2 Å². The van der Waals surface area contributed by atoms with Crippen molar-refractivity contribution in [2.75, 3.05) is 0 Å². The summed E-state index contributed by atoms with van der Waals surface area (Å²) < 4.78 is 5.61. The third kappa shape index (κ3) is 2.55. The minimum absolute atomic E-state index is 0.229. The number of benzene rings is 1. The molecule has 0 amide bonds. The van der Waals surface area contributed by atoms with Crippen LogP contribution in [-0.4, -0.2) is 38.1 Å². The quantitative estimate of drug-likeness (QED) is 0.490. The van der Waals surface area contributed by atoms with E-state index in [0.29, 0.717) is 11.1 Å². The molecule has 108 valence electrons. The molecule has 4 N–H and O–H groups in total. The summed E-state index contributed by atoms with van der Waals surface area (Å²) in [7, 11) is 0. The first-order chi connectivity index (χ1) is 9.20. The summed E-state index contributed by atoms with van der Waals surface area (Å²) in [5.74, 6) is -1.51. The topological polar surface area (TPSA) is 107 Å². The molecule has 1 atom stereocenters. The first-order valence-electron chi connectivity index (χ1n) is 6.08. The second kappa shape index (κ2) is 4.72. The van der Waals surface area contributed by atoms with Gasteiger partial charge in [-0.25, -0.2) is 4.79 Å². The van der Waals surface area contributed by atoms with Crippen LogP contribution >= 0.6 is 0 Å². The zero-order valence-electron chi connectivity index (χ0n) is 11.1. The molecule has 1 aliphatic rings. The van der Waals surface area contributed by atoms with Crippen molar-refractivity contribution in [3.63, 3.8) is 0 Å². The minimum atomic E-state index is -1.14. The number of ether oxygens (including phenoxy) is 1. The molecule has 0 radical (unpaired) electrons. The van der Waals surface area contributed by atoms with Crippen LogP contribution < -0.4 is 4.74 Å². The molecule has 0 aromatic heterocycles. The lowest BCUT2D eigenvalue weighted by molar-refractivity contribution is -0.131. The molecule has 1 aromatic carbocycles. The minimum Gasteiger partial charge on any atom is -0.504 e. The van der Waals surface area contributed by atoms with Gasteiger partial charge in [-0.15, -0.1) is 0 Å². The number of fused-ring (bicyclic) bond motifs is 1. The standard InChI is InChI=1S/C14H16O6/c1-14(2,19)10-6-8-12(18)9(15)5-7(13(8)20-10)3-4-11(16)17/h3-5,10,15,18-19H,6H2,1-2H3,(H,16,17)/t10-/m0/s1. The van der Waals surface area contributed by atoms with E-state index in [2.05, 4.69) is 0 Å². The summed E-state index contributed by atoms with van der Waals surface area (Å²) in [5.41, 5.74) is -0.430. The molecule has 0 aliphatic carbocycles. The number of phenols is 2. The van der Waals surface area contributed by atoms with E-state index in [0.717, 1.165) is 6.08 Å². The van der Waals surface area contributed by atoms with Gasteiger partial charge in [-0.3, -0.25) is 0 Å². The molecule has 0 spiro atoms. The third-order valence-electron chi connectivity index (χ3n) is 3.20. The van der Waals surface area contributed by atoms with E-state index in [4.69, 9.17) is 9.84 Å². The fraction of sp³-hybridized carbons (Fsp3) is 0.357. The van der Waals surface area contributed by atoms with Crippen molar-refractivity contribution in [1.82, 2.24) is 0 Å². The number of rotatable bonds is 3. The second-order valence-corrected chi connectivity index (χ2v) is 5.28. The van der Waals surface area contributed by atoms with Gasteiger partial charge in [0.05, 0.1) is 5.60 Å². The first-order valence-corrected chi connectivity index (χ1v) is 6.08. The van der Waals surface area contributed by atoms with Gasteiger partial charge in [0.25, 0.3) is 0 Å². The molecule has 1 heterocycles. The average molecular weight is 280 g/mol. The number of carboxylic acids is 1. The number of aliphatic carboxylic acids is 1. The maximum atomic E-state index is 10.6. The summed E-state index contributed by atoms with van der Waals surface area (Å²) >= 11 is 0. The van der Waals surface area contributed by atoms with E-state index < -0.39 is 17.7 Å².